The molecule has 3 aromatic carbocycles. The number of benzene rings is 3. The van der Waals surface area contributed by atoms with Gasteiger partial charge < -0.3 is 25.0 Å². The number of likely N-dealkylation sites (N-methyl/N-ethyl adjacent to an activating group) is 1. The smallest absolute Gasteiger partial charge is 0.323 e. The number of rotatable bonds is 10. The lowest BCUT2D eigenvalue weighted by Gasteiger charge is -2.29. The molecule has 2 heterocycles. The van der Waals surface area contributed by atoms with Crippen LogP contribution in [0.15, 0.2) is 66.9 Å². The molecule has 0 atom stereocenters. The van der Waals surface area contributed by atoms with Crippen LogP contribution in [0.2, 0.25) is 0 Å². The number of methoxy groups -OCH3 is 1. The van der Waals surface area contributed by atoms with Crippen LogP contribution in [0.1, 0.15) is 32.0 Å². The molecule has 0 spiro atoms. The van der Waals surface area contributed by atoms with Crippen LogP contribution < -0.4 is 19.7 Å². The Morgan fingerprint density at radius 1 is 0.960 bits per heavy atom. The predicted molar refractivity (Wildman–Crippen MR) is 198 cm³/mol. The summed E-state index contributed by atoms with van der Waals surface area (Å²) < 4.78 is 38.2. The van der Waals surface area contributed by atoms with Crippen molar-refractivity contribution in [2.45, 2.75) is 32.7 Å². The maximum absolute atomic E-state index is 13.7. The number of carbonyl (C=O) groups excluding carboxylic acids is 2. The van der Waals surface area contributed by atoms with Gasteiger partial charge in [0.15, 0.2) is 5.75 Å². The second kappa shape index (κ2) is 15.0. The molecule has 4 aromatic rings. The highest BCUT2D eigenvalue weighted by molar-refractivity contribution is 7.92. The first-order valence-corrected chi connectivity index (χ1v) is 18.3. The third-order valence-electron chi connectivity index (χ3n) is 8.63. The Morgan fingerprint density at radius 3 is 2.24 bits per heavy atom. The molecule has 50 heavy (non-hydrogen) atoms. The van der Waals surface area contributed by atoms with Gasteiger partial charge in [0.25, 0.3) is 0 Å². The molecule has 1 aliphatic rings. The number of anilines is 3. The van der Waals surface area contributed by atoms with Gasteiger partial charge in [0, 0.05) is 50.9 Å². The van der Waals surface area contributed by atoms with E-state index in [9.17, 15) is 18.0 Å². The fourth-order valence-electron chi connectivity index (χ4n) is 5.79. The van der Waals surface area contributed by atoms with Crippen LogP contribution >= 0.6 is 0 Å². The van der Waals surface area contributed by atoms with Gasteiger partial charge in [-0.05, 0) is 46.2 Å². The Kier molecular flexibility index (Phi) is 11.0. The average molecular weight is 703 g/mol. The Hall–Kier alpha value is -4.72. The predicted octanol–water partition coefficient (Wildman–Crippen LogP) is 5.54. The quantitative estimate of drug-likeness (QED) is 0.220. The molecule has 1 fully saturated rings. The highest BCUT2D eigenvalue weighted by atomic mass is 32.2. The Labute approximate surface area is 294 Å². The van der Waals surface area contributed by atoms with Crippen molar-refractivity contribution >= 4 is 49.8 Å². The summed E-state index contributed by atoms with van der Waals surface area (Å²) in [4.78, 5) is 34.8. The van der Waals surface area contributed by atoms with Crippen molar-refractivity contribution in [1.82, 2.24) is 14.8 Å². The normalized spacial score (nSPS) is 13.9. The Morgan fingerprint density at radius 2 is 1.64 bits per heavy atom. The number of fused-ring (bicyclic) bond motifs is 1. The molecule has 12 nitrogen and oxygen atoms in total. The van der Waals surface area contributed by atoms with Crippen LogP contribution in [0, 0.1) is 0 Å². The summed E-state index contributed by atoms with van der Waals surface area (Å²) >= 11 is 0. The van der Waals surface area contributed by atoms with Gasteiger partial charge in [-0.15, -0.1) is 0 Å². The average Bonchev–Trinajstić information content (AvgIpc) is 3.07. The molecule has 3 amide bonds. The summed E-state index contributed by atoms with van der Waals surface area (Å²) in [5, 5.41) is 7.63. The van der Waals surface area contributed by atoms with Crippen LogP contribution in [-0.4, -0.2) is 95.4 Å². The van der Waals surface area contributed by atoms with Crippen molar-refractivity contribution in [2.75, 3.05) is 75.2 Å². The minimum absolute atomic E-state index is 0.106. The molecule has 13 heteroatoms. The van der Waals surface area contributed by atoms with Gasteiger partial charge in [0.05, 0.1) is 49.3 Å². The molecule has 0 unspecified atom stereocenters. The van der Waals surface area contributed by atoms with Crippen molar-refractivity contribution in [2.24, 2.45) is 0 Å². The van der Waals surface area contributed by atoms with E-state index < -0.39 is 33.9 Å². The second-order valence-electron chi connectivity index (χ2n) is 13.6. The zero-order valence-corrected chi connectivity index (χ0v) is 30.6. The van der Waals surface area contributed by atoms with Crippen molar-refractivity contribution in [3.63, 3.8) is 0 Å². The fraction of sp³-hybridized carbons (Fsp3) is 0.378. The van der Waals surface area contributed by atoms with Crippen LogP contribution in [0.3, 0.4) is 0 Å². The summed E-state index contributed by atoms with van der Waals surface area (Å²) in [7, 11) is 0.573. The van der Waals surface area contributed by atoms with E-state index in [1.165, 1.54) is 12.0 Å². The van der Waals surface area contributed by atoms with E-state index in [0.717, 1.165) is 76.6 Å². The molecule has 5 rings (SSSR count). The van der Waals surface area contributed by atoms with Crippen molar-refractivity contribution in [1.29, 1.82) is 0 Å². The van der Waals surface area contributed by atoms with Crippen LogP contribution in [0.25, 0.3) is 21.9 Å². The molecule has 0 bridgehead atoms. The zero-order valence-electron chi connectivity index (χ0n) is 29.7. The monoisotopic (exact) mass is 702 g/mol. The lowest BCUT2D eigenvalue weighted by Crippen LogP contribution is -2.40. The van der Waals surface area contributed by atoms with Crippen molar-refractivity contribution in [3.8, 4) is 16.9 Å². The molecule has 1 aromatic heterocycles. The molecule has 2 N–H and O–H groups in total. The molecule has 0 aliphatic carbocycles. The Bertz CT molecular complexity index is 1970. The maximum Gasteiger partial charge on any atom is 0.323 e. The molecular weight excluding hydrogens is 657 g/mol. The first kappa shape index (κ1) is 36.6. The number of hydrogen-bond acceptors (Lipinski definition) is 8. The minimum Gasteiger partial charge on any atom is -0.492 e. The molecule has 1 aliphatic heterocycles. The van der Waals surface area contributed by atoms with Gasteiger partial charge in [-0.3, -0.25) is 19.0 Å². The number of urea groups is 1. The third kappa shape index (κ3) is 8.52. The lowest BCUT2D eigenvalue weighted by atomic mass is 9.86. The van der Waals surface area contributed by atoms with Gasteiger partial charge in [-0.25, -0.2) is 13.2 Å². The maximum atomic E-state index is 13.7. The van der Waals surface area contributed by atoms with Gasteiger partial charge in [-0.1, -0.05) is 57.2 Å². The fourth-order valence-corrected chi connectivity index (χ4v) is 6.62. The van der Waals surface area contributed by atoms with Crippen LogP contribution in [0.5, 0.6) is 5.75 Å². The number of morpholine rings is 1. The number of nitrogens with zero attached hydrogens (tertiary/aromatic N) is 4. The van der Waals surface area contributed by atoms with E-state index in [2.05, 4.69) is 21.6 Å². The highest BCUT2D eigenvalue weighted by Crippen LogP contribution is 2.42. The SMILES string of the molecule is COc1c(NC(=O)Nc2ccc(-c3ccc(CN4CCOCC4)nc3)c3ccccc23)cc(C(C)(C)C)cc1N(CC(=O)N(C)C)S(C)(=O)=O. The first-order chi connectivity index (χ1) is 23.7. The van der Waals surface area contributed by atoms with E-state index in [0.29, 0.717) is 5.69 Å². The number of pyridine rings is 1. The molecular formula is C37H46N6O6S. The van der Waals surface area contributed by atoms with E-state index in [1.54, 1.807) is 26.2 Å². The lowest BCUT2D eigenvalue weighted by molar-refractivity contribution is -0.127. The van der Waals surface area contributed by atoms with E-state index in [4.69, 9.17) is 14.5 Å². The molecule has 266 valence electrons. The molecule has 1 saturated heterocycles. The third-order valence-corrected chi connectivity index (χ3v) is 9.76. The van der Waals surface area contributed by atoms with Gasteiger partial charge in [-0.2, -0.15) is 0 Å². The van der Waals surface area contributed by atoms with E-state index >= 15 is 0 Å². The number of nitrogens with one attached hydrogen (secondary N) is 2. The first-order valence-electron chi connectivity index (χ1n) is 16.4. The van der Waals surface area contributed by atoms with Crippen LogP contribution in [0.4, 0.5) is 21.9 Å². The largest absolute Gasteiger partial charge is 0.492 e. The van der Waals surface area contributed by atoms with E-state index in [1.807, 2.05) is 69.4 Å². The summed E-state index contributed by atoms with van der Waals surface area (Å²) in [6.45, 7) is 9.51. The minimum atomic E-state index is -3.93. The standard InChI is InChI=1S/C37H46N6O6S/c1-37(2,3)26-20-32(35(48-6)33(21-26)43(50(7,46)47)24-34(44)41(4)5)40-36(45)39-31-15-14-28(29-10-8-9-11-30(29)31)25-12-13-27(38-22-25)23-42-16-18-49-19-17-42/h8-15,20-22H,16-19,23-24H2,1-7H3,(H2,39,40,45). The number of amides is 3. The zero-order chi connectivity index (χ0) is 36.2. The number of ether oxygens (including phenoxy) is 2. The van der Waals surface area contributed by atoms with E-state index in [-0.39, 0.29) is 17.1 Å². The summed E-state index contributed by atoms with van der Waals surface area (Å²) in [5.74, 6) is -0.309. The highest BCUT2D eigenvalue weighted by Gasteiger charge is 2.29. The number of hydrogen-bond donors (Lipinski definition) is 2. The van der Waals surface area contributed by atoms with Gasteiger partial charge >= 0.3 is 6.03 Å². The number of aromatic nitrogens is 1. The van der Waals surface area contributed by atoms with Crippen molar-refractivity contribution in [3.05, 3.63) is 78.1 Å². The number of carbonyl (C=O) groups is 2. The second-order valence-corrected chi connectivity index (χ2v) is 15.5. The topological polar surface area (TPSA) is 133 Å². The Balaban J connectivity index is 1.45. The summed E-state index contributed by atoms with van der Waals surface area (Å²) in [5.41, 5.74) is 4.21. The molecule has 0 radical (unpaired) electrons. The van der Waals surface area contributed by atoms with Crippen molar-refractivity contribution < 1.29 is 27.5 Å². The van der Waals surface area contributed by atoms with Gasteiger partial charge in [0.1, 0.15) is 6.54 Å². The van der Waals surface area contributed by atoms with Gasteiger partial charge in [0.2, 0.25) is 15.9 Å². The molecule has 0 saturated carbocycles. The summed E-state index contributed by atoms with van der Waals surface area (Å²) in [6, 6.07) is 18.6. The number of sulfonamides is 1. The summed E-state index contributed by atoms with van der Waals surface area (Å²) in [6.07, 6.45) is 2.92. The van der Waals surface area contributed by atoms with Crippen LogP contribution in [-0.2, 0) is 31.5 Å².